The molecule has 104 valence electrons. The zero-order valence-electron chi connectivity index (χ0n) is 11.8. The van der Waals surface area contributed by atoms with Gasteiger partial charge in [-0.05, 0) is 44.4 Å². The number of likely N-dealkylation sites (tertiary alicyclic amines) is 1. The molecule has 0 N–H and O–H groups in total. The van der Waals surface area contributed by atoms with E-state index in [9.17, 15) is 9.18 Å². The minimum absolute atomic E-state index is 0.154. The summed E-state index contributed by atoms with van der Waals surface area (Å²) in [5.74, 6) is -0.109. The first-order chi connectivity index (χ1) is 9.01. The molecule has 0 atom stereocenters. The highest BCUT2D eigenvalue weighted by molar-refractivity contribution is 5.87. The number of hydrogen-bond donors (Lipinski definition) is 0. The molecule has 1 aliphatic rings. The lowest BCUT2D eigenvalue weighted by molar-refractivity contribution is -0.136. The number of hydrogen-bond acceptors (Lipinski definition) is 1. The fourth-order valence-electron chi connectivity index (χ4n) is 2.66. The predicted molar refractivity (Wildman–Crippen MR) is 74.5 cm³/mol. The van der Waals surface area contributed by atoms with Crippen molar-refractivity contribution in [2.75, 3.05) is 13.1 Å². The molecule has 0 radical (unpaired) electrons. The number of rotatable bonds is 2. The van der Waals surface area contributed by atoms with Gasteiger partial charge in [-0.3, -0.25) is 4.79 Å². The fraction of sp³-hybridized carbons (Fsp3) is 0.562. The summed E-state index contributed by atoms with van der Waals surface area (Å²) in [6, 6.07) is 6.27. The van der Waals surface area contributed by atoms with Gasteiger partial charge in [-0.1, -0.05) is 25.0 Å². The van der Waals surface area contributed by atoms with E-state index in [1.807, 2.05) is 18.7 Å². The lowest BCUT2D eigenvalue weighted by atomic mass is 9.83. The van der Waals surface area contributed by atoms with Gasteiger partial charge in [-0.15, -0.1) is 0 Å². The molecule has 1 amide bonds. The van der Waals surface area contributed by atoms with Crippen molar-refractivity contribution in [1.82, 2.24) is 4.90 Å². The Hall–Kier alpha value is -1.38. The molecular weight excluding hydrogens is 241 g/mol. The van der Waals surface area contributed by atoms with Gasteiger partial charge in [-0.25, -0.2) is 4.39 Å². The Balaban J connectivity index is 2.17. The monoisotopic (exact) mass is 263 g/mol. The van der Waals surface area contributed by atoms with Crippen LogP contribution in [0.2, 0.25) is 0 Å². The number of nitrogens with zero attached hydrogens (tertiary/aromatic N) is 1. The van der Waals surface area contributed by atoms with E-state index in [0.717, 1.165) is 31.5 Å². The Morgan fingerprint density at radius 2 is 1.58 bits per heavy atom. The lowest BCUT2D eigenvalue weighted by Gasteiger charge is -2.31. The fourth-order valence-corrected chi connectivity index (χ4v) is 2.66. The van der Waals surface area contributed by atoms with Crippen LogP contribution in [0, 0.1) is 5.82 Å². The standard InChI is InChI=1S/C16H22FNO/c1-16(2,13-7-9-14(17)10-8-13)15(19)18-11-5-3-4-6-12-18/h7-10H,3-6,11-12H2,1-2H3. The first-order valence-corrected chi connectivity index (χ1v) is 7.07. The van der Waals surface area contributed by atoms with Crippen LogP contribution in [0.5, 0.6) is 0 Å². The third kappa shape index (κ3) is 3.14. The second-order valence-corrected chi connectivity index (χ2v) is 5.84. The number of benzene rings is 1. The summed E-state index contributed by atoms with van der Waals surface area (Å²) in [7, 11) is 0. The summed E-state index contributed by atoms with van der Waals surface area (Å²) in [6.45, 7) is 5.55. The van der Waals surface area contributed by atoms with Crippen molar-refractivity contribution in [3.8, 4) is 0 Å². The van der Waals surface area contributed by atoms with E-state index in [1.165, 1.54) is 25.0 Å². The topological polar surface area (TPSA) is 20.3 Å². The van der Waals surface area contributed by atoms with Crippen molar-refractivity contribution in [1.29, 1.82) is 0 Å². The van der Waals surface area contributed by atoms with E-state index in [1.54, 1.807) is 12.1 Å². The van der Waals surface area contributed by atoms with E-state index in [4.69, 9.17) is 0 Å². The zero-order valence-corrected chi connectivity index (χ0v) is 11.8. The Bertz CT molecular complexity index is 431. The van der Waals surface area contributed by atoms with Crippen LogP contribution in [0.1, 0.15) is 45.1 Å². The van der Waals surface area contributed by atoms with Crippen LogP contribution >= 0.6 is 0 Å². The smallest absolute Gasteiger partial charge is 0.232 e. The molecular formula is C16H22FNO. The van der Waals surface area contributed by atoms with Gasteiger partial charge in [0, 0.05) is 13.1 Å². The van der Waals surface area contributed by atoms with Gasteiger partial charge in [0.05, 0.1) is 5.41 Å². The van der Waals surface area contributed by atoms with E-state index >= 15 is 0 Å². The van der Waals surface area contributed by atoms with E-state index < -0.39 is 5.41 Å². The Morgan fingerprint density at radius 3 is 2.11 bits per heavy atom. The van der Waals surface area contributed by atoms with Gasteiger partial charge in [-0.2, -0.15) is 0 Å². The molecule has 3 heteroatoms. The minimum Gasteiger partial charge on any atom is -0.342 e. The second-order valence-electron chi connectivity index (χ2n) is 5.84. The van der Waals surface area contributed by atoms with Crippen LogP contribution < -0.4 is 0 Å². The minimum atomic E-state index is -0.585. The van der Waals surface area contributed by atoms with Crippen LogP contribution in [0.4, 0.5) is 4.39 Å². The molecule has 1 fully saturated rings. The van der Waals surface area contributed by atoms with E-state index in [2.05, 4.69) is 0 Å². The third-order valence-corrected chi connectivity index (χ3v) is 3.99. The second kappa shape index (κ2) is 5.72. The normalized spacial score (nSPS) is 17.1. The van der Waals surface area contributed by atoms with Crippen LogP contribution in [-0.2, 0) is 10.2 Å². The van der Waals surface area contributed by atoms with E-state index in [-0.39, 0.29) is 11.7 Å². The summed E-state index contributed by atoms with van der Waals surface area (Å²) in [6.07, 6.45) is 4.60. The summed E-state index contributed by atoms with van der Waals surface area (Å²) in [4.78, 5) is 14.7. The molecule has 2 rings (SSSR count). The average molecular weight is 263 g/mol. The largest absolute Gasteiger partial charge is 0.342 e. The number of amides is 1. The molecule has 1 aromatic carbocycles. The van der Waals surface area contributed by atoms with Crippen LogP contribution in [0.3, 0.4) is 0 Å². The maximum absolute atomic E-state index is 13.0. The number of halogens is 1. The lowest BCUT2D eigenvalue weighted by Crippen LogP contribution is -2.43. The highest BCUT2D eigenvalue weighted by Crippen LogP contribution is 2.27. The SMILES string of the molecule is CC(C)(C(=O)N1CCCCCC1)c1ccc(F)cc1. The van der Waals surface area contributed by atoms with Crippen molar-refractivity contribution in [3.05, 3.63) is 35.6 Å². The number of carbonyl (C=O) groups is 1. The van der Waals surface area contributed by atoms with Gasteiger partial charge < -0.3 is 4.90 Å². The van der Waals surface area contributed by atoms with Crippen molar-refractivity contribution in [2.45, 2.75) is 44.9 Å². The number of carbonyl (C=O) groups excluding carboxylic acids is 1. The molecule has 1 aromatic rings. The highest BCUT2D eigenvalue weighted by Gasteiger charge is 2.33. The van der Waals surface area contributed by atoms with Crippen LogP contribution in [0.25, 0.3) is 0 Å². The quantitative estimate of drug-likeness (QED) is 0.799. The van der Waals surface area contributed by atoms with Crippen molar-refractivity contribution >= 4 is 5.91 Å². The molecule has 0 spiro atoms. The zero-order chi connectivity index (χ0) is 13.9. The third-order valence-electron chi connectivity index (χ3n) is 3.99. The average Bonchev–Trinajstić information content (AvgIpc) is 2.67. The highest BCUT2D eigenvalue weighted by atomic mass is 19.1. The van der Waals surface area contributed by atoms with Gasteiger partial charge >= 0.3 is 0 Å². The van der Waals surface area contributed by atoms with Gasteiger partial charge in [0.2, 0.25) is 5.91 Å². The molecule has 0 saturated carbocycles. The summed E-state index contributed by atoms with van der Waals surface area (Å²) in [5, 5.41) is 0. The Labute approximate surface area is 114 Å². The van der Waals surface area contributed by atoms with Gasteiger partial charge in [0.15, 0.2) is 0 Å². The van der Waals surface area contributed by atoms with Crippen molar-refractivity contribution in [3.63, 3.8) is 0 Å². The molecule has 0 aromatic heterocycles. The first-order valence-electron chi connectivity index (χ1n) is 7.07. The maximum Gasteiger partial charge on any atom is 0.232 e. The van der Waals surface area contributed by atoms with Gasteiger partial charge in [0.25, 0.3) is 0 Å². The molecule has 1 aliphatic heterocycles. The molecule has 1 heterocycles. The molecule has 0 bridgehead atoms. The first kappa shape index (κ1) is 14.0. The predicted octanol–water partition coefficient (Wildman–Crippen LogP) is 3.51. The molecule has 1 saturated heterocycles. The summed E-state index contributed by atoms with van der Waals surface area (Å²) >= 11 is 0. The molecule has 19 heavy (non-hydrogen) atoms. The van der Waals surface area contributed by atoms with E-state index in [0.29, 0.717) is 0 Å². The van der Waals surface area contributed by atoms with Crippen molar-refractivity contribution < 1.29 is 9.18 Å². The molecule has 2 nitrogen and oxygen atoms in total. The molecule has 0 aliphatic carbocycles. The molecule has 0 unspecified atom stereocenters. The summed E-state index contributed by atoms with van der Waals surface area (Å²) in [5.41, 5.74) is 0.293. The summed E-state index contributed by atoms with van der Waals surface area (Å²) < 4.78 is 13.0. The van der Waals surface area contributed by atoms with Crippen LogP contribution in [-0.4, -0.2) is 23.9 Å². The van der Waals surface area contributed by atoms with Crippen LogP contribution in [0.15, 0.2) is 24.3 Å². The van der Waals surface area contributed by atoms with Crippen molar-refractivity contribution in [2.24, 2.45) is 0 Å². The Kier molecular flexibility index (Phi) is 4.23. The Morgan fingerprint density at radius 1 is 1.05 bits per heavy atom. The van der Waals surface area contributed by atoms with Gasteiger partial charge in [0.1, 0.15) is 5.82 Å². The maximum atomic E-state index is 13.0.